The van der Waals surface area contributed by atoms with E-state index in [1.165, 1.54) is 0 Å². The van der Waals surface area contributed by atoms with E-state index < -0.39 is 0 Å². The molecule has 2 heterocycles. The standard InChI is InChI=1S/C23H25BrN6O3S/c24-14-3-8-19-18(10-14)28-23(34-19)12-22-30-29-21(33-22)11-20(31)27-15-4-6-16(7-5-15)32-17(13-26)2-1-9-25/h3-8,10,17H,1-2,9,11-13,25-26H2,(H,27,31). The lowest BCUT2D eigenvalue weighted by atomic mass is 10.2. The number of nitrogens with two attached hydrogens (primary N) is 2. The van der Waals surface area contributed by atoms with E-state index in [1.807, 2.05) is 18.2 Å². The fraction of sp³-hybridized carbons (Fsp3) is 0.304. The molecule has 0 saturated carbocycles. The van der Waals surface area contributed by atoms with Crippen LogP contribution in [0.5, 0.6) is 5.75 Å². The van der Waals surface area contributed by atoms with E-state index >= 15 is 0 Å². The highest BCUT2D eigenvalue weighted by Gasteiger charge is 2.14. The Morgan fingerprint density at radius 3 is 2.71 bits per heavy atom. The maximum atomic E-state index is 12.4. The molecule has 2 aromatic carbocycles. The van der Waals surface area contributed by atoms with Crippen LogP contribution in [0.4, 0.5) is 5.69 Å². The fourth-order valence-corrected chi connectivity index (χ4v) is 4.59. The average molecular weight is 545 g/mol. The van der Waals surface area contributed by atoms with Gasteiger partial charge in [-0.25, -0.2) is 4.98 Å². The Bertz CT molecular complexity index is 1240. The zero-order valence-corrected chi connectivity index (χ0v) is 20.8. The van der Waals surface area contributed by atoms with Crippen LogP contribution >= 0.6 is 27.3 Å². The third kappa shape index (κ3) is 6.60. The second-order valence-corrected chi connectivity index (χ2v) is 9.67. The molecule has 0 aliphatic heterocycles. The first-order valence-corrected chi connectivity index (χ1v) is 12.5. The quantitative estimate of drug-likeness (QED) is 0.259. The van der Waals surface area contributed by atoms with Gasteiger partial charge in [0.25, 0.3) is 0 Å². The van der Waals surface area contributed by atoms with Gasteiger partial charge in [-0.15, -0.1) is 21.5 Å². The van der Waals surface area contributed by atoms with Crippen molar-refractivity contribution >= 4 is 49.1 Å². The van der Waals surface area contributed by atoms with Gasteiger partial charge < -0.3 is 25.9 Å². The number of fused-ring (bicyclic) bond motifs is 1. The minimum absolute atomic E-state index is 0.0214. The van der Waals surface area contributed by atoms with Crippen LogP contribution in [-0.4, -0.2) is 40.3 Å². The number of hydrogen-bond donors (Lipinski definition) is 3. The van der Waals surface area contributed by atoms with Crippen molar-refractivity contribution in [1.82, 2.24) is 15.2 Å². The van der Waals surface area contributed by atoms with Crippen LogP contribution in [0.1, 0.15) is 29.6 Å². The molecule has 0 spiro atoms. The number of nitrogens with zero attached hydrogens (tertiary/aromatic N) is 3. The molecule has 0 radical (unpaired) electrons. The number of hydrogen-bond acceptors (Lipinski definition) is 9. The number of anilines is 1. The average Bonchev–Trinajstić information content (AvgIpc) is 3.43. The van der Waals surface area contributed by atoms with Gasteiger partial charge in [0.1, 0.15) is 23.3 Å². The Morgan fingerprint density at radius 2 is 1.94 bits per heavy atom. The van der Waals surface area contributed by atoms with Gasteiger partial charge in [-0.1, -0.05) is 15.9 Å². The zero-order valence-electron chi connectivity index (χ0n) is 18.4. The van der Waals surface area contributed by atoms with Crippen molar-refractivity contribution in [3.8, 4) is 5.75 Å². The molecular formula is C23H25BrN6O3S. The molecule has 0 saturated heterocycles. The van der Waals surface area contributed by atoms with Crippen LogP contribution < -0.4 is 21.5 Å². The number of benzene rings is 2. The van der Waals surface area contributed by atoms with E-state index in [1.54, 1.807) is 35.6 Å². The predicted molar refractivity (Wildman–Crippen MR) is 135 cm³/mol. The van der Waals surface area contributed by atoms with E-state index in [-0.39, 0.29) is 24.3 Å². The minimum atomic E-state index is -0.253. The summed E-state index contributed by atoms with van der Waals surface area (Å²) in [6, 6.07) is 13.1. The zero-order chi connectivity index (χ0) is 23.9. The molecule has 34 heavy (non-hydrogen) atoms. The molecule has 1 atom stereocenters. The Balaban J connectivity index is 1.29. The van der Waals surface area contributed by atoms with Crippen molar-refractivity contribution in [2.75, 3.05) is 18.4 Å². The monoisotopic (exact) mass is 544 g/mol. The van der Waals surface area contributed by atoms with Gasteiger partial charge in [-0.05, 0) is 61.9 Å². The van der Waals surface area contributed by atoms with Crippen molar-refractivity contribution in [3.63, 3.8) is 0 Å². The number of carbonyl (C=O) groups is 1. The lowest BCUT2D eigenvalue weighted by Crippen LogP contribution is -2.27. The van der Waals surface area contributed by atoms with Crippen LogP contribution in [0, 0.1) is 0 Å². The van der Waals surface area contributed by atoms with Gasteiger partial charge in [0, 0.05) is 16.7 Å². The first kappa shape index (κ1) is 24.3. The number of aromatic nitrogens is 3. The number of halogens is 1. The van der Waals surface area contributed by atoms with Crippen molar-refractivity contribution in [1.29, 1.82) is 0 Å². The summed E-state index contributed by atoms with van der Waals surface area (Å²) in [5.41, 5.74) is 12.9. The molecule has 5 N–H and O–H groups in total. The number of rotatable bonds is 11. The summed E-state index contributed by atoms with van der Waals surface area (Å²) < 4.78 is 13.6. The summed E-state index contributed by atoms with van der Waals surface area (Å²) in [6.45, 7) is 1.02. The van der Waals surface area contributed by atoms with E-state index in [0.29, 0.717) is 36.8 Å². The van der Waals surface area contributed by atoms with E-state index in [4.69, 9.17) is 20.6 Å². The molecule has 178 valence electrons. The predicted octanol–water partition coefficient (Wildman–Crippen LogP) is 3.66. The number of carbonyl (C=O) groups excluding carboxylic acids is 1. The molecule has 0 bridgehead atoms. The molecule has 9 nitrogen and oxygen atoms in total. The number of nitrogens with one attached hydrogen (secondary N) is 1. The molecule has 0 aliphatic carbocycles. The van der Waals surface area contributed by atoms with Crippen LogP contribution in [0.2, 0.25) is 0 Å². The van der Waals surface area contributed by atoms with Gasteiger partial charge in [0.2, 0.25) is 17.7 Å². The highest BCUT2D eigenvalue weighted by molar-refractivity contribution is 9.10. The van der Waals surface area contributed by atoms with Crippen molar-refractivity contribution in [2.24, 2.45) is 11.5 Å². The Kier molecular flexibility index (Phi) is 8.22. The van der Waals surface area contributed by atoms with E-state index in [9.17, 15) is 4.79 Å². The second-order valence-electron chi connectivity index (χ2n) is 7.64. The minimum Gasteiger partial charge on any atom is -0.489 e. The summed E-state index contributed by atoms with van der Waals surface area (Å²) in [6.07, 6.45) is 1.97. The maximum Gasteiger partial charge on any atom is 0.233 e. The molecule has 4 rings (SSSR count). The molecule has 1 amide bonds. The topological polar surface area (TPSA) is 142 Å². The van der Waals surface area contributed by atoms with Gasteiger partial charge >= 0.3 is 0 Å². The highest BCUT2D eigenvalue weighted by Crippen LogP contribution is 2.26. The van der Waals surface area contributed by atoms with Crippen LogP contribution in [0.3, 0.4) is 0 Å². The number of thiazole rings is 1. The number of ether oxygens (including phenoxy) is 1. The fourth-order valence-electron chi connectivity index (χ4n) is 3.31. The molecule has 0 fully saturated rings. The number of amides is 1. The van der Waals surface area contributed by atoms with Crippen LogP contribution in [0.15, 0.2) is 51.4 Å². The smallest absolute Gasteiger partial charge is 0.233 e. The molecule has 0 aliphatic rings. The normalized spacial score (nSPS) is 12.1. The van der Waals surface area contributed by atoms with E-state index in [0.717, 1.165) is 32.5 Å². The van der Waals surface area contributed by atoms with Crippen molar-refractivity contribution < 1.29 is 13.9 Å². The molecule has 4 aromatic rings. The Morgan fingerprint density at radius 1 is 1.15 bits per heavy atom. The van der Waals surface area contributed by atoms with Gasteiger partial charge in [0.15, 0.2) is 0 Å². The first-order valence-electron chi connectivity index (χ1n) is 10.9. The third-order valence-electron chi connectivity index (χ3n) is 4.95. The summed E-state index contributed by atoms with van der Waals surface area (Å²) >= 11 is 5.03. The third-order valence-corrected chi connectivity index (χ3v) is 6.48. The lowest BCUT2D eigenvalue weighted by Gasteiger charge is -2.17. The van der Waals surface area contributed by atoms with Crippen LogP contribution in [0.25, 0.3) is 10.2 Å². The summed E-state index contributed by atoms with van der Waals surface area (Å²) in [5.74, 6) is 1.11. The molecular weight excluding hydrogens is 520 g/mol. The molecule has 2 aromatic heterocycles. The van der Waals surface area contributed by atoms with Crippen molar-refractivity contribution in [2.45, 2.75) is 31.8 Å². The summed E-state index contributed by atoms with van der Waals surface area (Å²) in [5, 5.41) is 11.7. The lowest BCUT2D eigenvalue weighted by molar-refractivity contribution is -0.115. The van der Waals surface area contributed by atoms with Gasteiger partial charge in [0.05, 0.1) is 16.6 Å². The Labute approximate surface area is 209 Å². The largest absolute Gasteiger partial charge is 0.489 e. The van der Waals surface area contributed by atoms with E-state index in [2.05, 4.69) is 36.4 Å². The second kappa shape index (κ2) is 11.5. The summed E-state index contributed by atoms with van der Waals surface area (Å²) in [7, 11) is 0. The van der Waals surface area contributed by atoms with Gasteiger partial charge in [-0.3, -0.25) is 4.79 Å². The van der Waals surface area contributed by atoms with Crippen molar-refractivity contribution in [3.05, 3.63) is 63.7 Å². The highest BCUT2D eigenvalue weighted by atomic mass is 79.9. The van der Waals surface area contributed by atoms with Crippen LogP contribution in [-0.2, 0) is 17.6 Å². The molecule has 1 unspecified atom stereocenters. The van der Waals surface area contributed by atoms with Gasteiger partial charge in [-0.2, -0.15) is 0 Å². The SMILES string of the molecule is NCCCC(CN)Oc1ccc(NC(=O)Cc2nnc(Cc3nc4cc(Br)ccc4s3)o2)cc1. The Hall–Kier alpha value is -2.86. The first-order chi connectivity index (χ1) is 16.5. The molecule has 11 heteroatoms. The maximum absolute atomic E-state index is 12.4. The summed E-state index contributed by atoms with van der Waals surface area (Å²) in [4.78, 5) is 17.0.